The second-order valence-electron chi connectivity index (χ2n) is 9.58. The molecule has 1 aliphatic rings. The van der Waals surface area contributed by atoms with Gasteiger partial charge in [-0.1, -0.05) is 61.9 Å². The number of nitriles is 1. The molecule has 41 heavy (non-hydrogen) atoms. The zero-order valence-electron chi connectivity index (χ0n) is 22.7. The number of hydrogen-bond acceptors (Lipinski definition) is 7. The third-order valence-corrected chi connectivity index (χ3v) is 6.72. The van der Waals surface area contributed by atoms with E-state index >= 15 is 0 Å². The Labute approximate surface area is 239 Å². The molecule has 0 spiro atoms. The number of unbranched alkanes of at least 4 members (excludes halogenated alkanes) is 1. The normalized spacial score (nSPS) is 13.9. The fraction of sp³-hybridized carbons (Fsp3) is 0.176. The van der Waals surface area contributed by atoms with E-state index in [2.05, 4.69) is 13.0 Å². The van der Waals surface area contributed by atoms with Crippen LogP contribution >= 0.6 is 0 Å². The smallest absolute Gasteiger partial charge is 0.343 e. The van der Waals surface area contributed by atoms with Crippen molar-refractivity contribution < 1.29 is 23.7 Å². The molecule has 7 heteroatoms. The molecule has 0 saturated heterocycles. The molecule has 2 N–H and O–H groups in total. The van der Waals surface area contributed by atoms with Crippen LogP contribution in [-0.2, 0) is 6.61 Å². The lowest BCUT2D eigenvalue weighted by Crippen LogP contribution is -2.21. The van der Waals surface area contributed by atoms with Gasteiger partial charge in [-0.25, -0.2) is 4.79 Å². The number of allylic oxidation sites excluding steroid dienone is 1. The number of ether oxygens (including phenoxy) is 4. The predicted octanol–water partition coefficient (Wildman–Crippen LogP) is 6.88. The van der Waals surface area contributed by atoms with Gasteiger partial charge in [0, 0.05) is 11.6 Å². The van der Waals surface area contributed by atoms with Crippen molar-refractivity contribution in [1.29, 1.82) is 5.26 Å². The number of fused-ring (bicyclic) bond motifs is 1. The number of benzene rings is 4. The molecule has 1 aliphatic heterocycles. The van der Waals surface area contributed by atoms with Crippen LogP contribution < -0.4 is 24.7 Å². The van der Waals surface area contributed by atoms with Gasteiger partial charge in [0.05, 0.1) is 18.1 Å². The Morgan fingerprint density at radius 2 is 1.59 bits per heavy atom. The zero-order chi connectivity index (χ0) is 28.6. The van der Waals surface area contributed by atoms with E-state index in [0.717, 1.165) is 29.5 Å². The van der Waals surface area contributed by atoms with E-state index in [0.29, 0.717) is 47.3 Å². The maximum Gasteiger partial charge on any atom is 0.343 e. The van der Waals surface area contributed by atoms with Crippen LogP contribution in [0.15, 0.2) is 109 Å². The second kappa shape index (κ2) is 12.8. The van der Waals surface area contributed by atoms with E-state index in [1.165, 1.54) is 0 Å². The first-order chi connectivity index (χ1) is 20.1. The summed E-state index contributed by atoms with van der Waals surface area (Å²) in [5.41, 5.74) is 9.53. The number of rotatable bonds is 10. The van der Waals surface area contributed by atoms with E-state index in [-0.39, 0.29) is 5.88 Å². The van der Waals surface area contributed by atoms with Gasteiger partial charge in [0.15, 0.2) is 0 Å². The Balaban J connectivity index is 1.31. The van der Waals surface area contributed by atoms with Crippen LogP contribution in [-0.4, -0.2) is 12.6 Å². The first-order valence-electron chi connectivity index (χ1n) is 13.5. The van der Waals surface area contributed by atoms with Crippen molar-refractivity contribution in [3.05, 3.63) is 131 Å². The van der Waals surface area contributed by atoms with Crippen molar-refractivity contribution in [2.75, 3.05) is 6.61 Å². The van der Waals surface area contributed by atoms with Crippen LogP contribution in [0.3, 0.4) is 0 Å². The van der Waals surface area contributed by atoms with Gasteiger partial charge in [0.2, 0.25) is 5.88 Å². The maximum absolute atomic E-state index is 12.8. The molecule has 0 bridgehead atoms. The van der Waals surface area contributed by atoms with Crippen LogP contribution in [0, 0.1) is 11.3 Å². The minimum absolute atomic E-state index is 0.0107. The molecule has 4 aromatic carbocycles. The molecular formula is C34H30N2O5. The number of esters is 1. The number of carbonyl (C=O) groups is 1. The summed E-state index contributed by atoms with van der Waals surface area (Å²) in [6.07, 6.45) is 2.01. The molecular weight excluding hydrogens is 516 g/mol. The molecule has 1 heterocycles. The van der Waals surface area contributed by atoms with Crippen molar-refractivity contribution in [3.8, 4) is 29.1 Å². The van der Waals surface area contributed by atoms with Gasteiger partial charge in [-0.3, -0.25) is 0 Å². The topological polar surface area (TPSA) is 104 Å². The highest BCUT2D eigenvalue weighted by atomic mass is 16.5. The summed E-state index contributed by atoms with van der Waals surface area (Å²) in [6.45, 7) is 3.19. The SMILES string of the molecule is CCCCOc1ccc(C(=O)Oc2ccc3c(c2)OC(N)=C(C#N)C3c2ccc(OCc3ccccc3)cc2)cc1. The molecule has 0 fully saturated rings. The standard InChI is InChI=1S/C34H30N2O5/c1-2-3-19-38-26-15-11-25(12-16-26)34(37)40-28-17-18-29-31(20-28)41-33(36)30(21-35)32(29)24-9-13-27(14-10-24)39-22-23-7-5-4-6-8-23/h4-18,20,32H,2-3,19,22,36H2,1H3. The molecule has 0 radical (unpaired) electrons. The van der Waals surface area contributed by atoms with Crippen LogP contribution in [0.1, 0.15) is 52.7 Å². The van der Waals surface area contributed by atoms with Gasteiger partial charge in [-0.2, -0.15) is 5.26 Å². The monoisotopic (exact) mass is 546 g/mol. The van der Waals surface area contributed by atoms with Gasteiger partial charge < -0.3 is 24.7 Å². The van der Waals surface area contributed by atoms with E-state index in [1.54, 1.807) is 42.5 Å². The van der Waals surface area contributed by atoms with Crippen molar-refractivity contribution in [2.45, 2.75) is 32.3 Å². The highest BCUT2D eigenvalue weighted by molar-refractivity contribution is 5.91. The second-order valence-corrected chi connectivity index (χ2v) is 9.58. The van der Waals surface area contributed by atoms with Gasteiger partial charge in [0.25, 0.3) is 0 Å². The van der Waals surface area contributed by atoms with Crippen LogP contribution in [0.25, 0.3) is 0 Å². The largest absolute Gasteiger partial charge is 0.494 e. The Morgan fingerprint density at radius 3 is 2.29 bits per heavy atom. The Kier molecular flexibility index (Phi) is 8.51. The fourth-order valence-electron chi connectivity index (χ4n) is 4.53. The molecule has 1 atom stereocenters. The Morgan fingerprint density at radius 1 is 0.902 bits per heavy atom. The number of nitrogens with zero attached hydrogens (tertiary/aromatic N) is 1. The minimum Gasteiger partial charge on any atom is -0.494 e. The van der Waals surface area contributed by atoms with Crippen molar-refractivity contribution in [3.63, 3.8) is 0 Å². The molecule has 206 valence electrons. The fourth-order valence-corrected chi connectivity index (χ4v) is 4.53. The summed E-state index contributed by atoms with van der Waals surface area (Å²) < 4.78 is 23.0. The number of nitrogens with two attached hydrogens (primary N) is 1. The zero-order valence-corrected chi connectivity index (χ0v) is 22.7. The van der Waals surface area contributed by atoms with Gasteiger partial charge in [0.1, 0.15) is 41.2 Å². The molecule has 0 saturated carbocycles. The lowest BCUT2D eigenvalue weighted by atomic mass is 9.83. The number of hydrogen-bond donors (Lipinski definition) is 1. The summed E-state index contributed by atoms with van der Waals surface area (Å²) in [6, 6.07) is 31.6. The Hall–Kier alpha value is -5.22. The Bertz CT molecular complexity index is 1570. The summed E-state index contributed by atoms with van der Waals surface area (Å²) in [4.78, 5) is 12.8. The summed E-state index contributed by atoms with van der Waals surface area (Å²) in [5, 5.41) is 9.89. The average molecular weight is 547 g/mol. The highest BCUT2D eigenvalue weighted by Crippen LogP contribution is 2.43. The van der Waals surface area contributed by atoms with E-state index in [4.69, 9.17) is 24.7 Å². The molecule has 1 unspecified atom stereocenters. The van der Waals surface area contributed by atoms with Crippen molar-refractivity contribution >= 4 is 5.97 Å². The minimum atomic E-state index is -0.510. The van der Waals surface area contributed by atoms with Gasteiger partial charge in [-0.05, 0) is 60.0 Å². The summed E-state index contributed by atoms with van der Waals surface area (Å²) >= 11 is 0. The van der Waals surface area contributed by atoms with E-state index < -0.39 is 11.9 Å². The van der Waals surface area contributed by atoms with Crippen molar-refractivity contribution in [1.82, 2.24) is 0 Å². The predicted molar refractivity (Wildman–Crippen MR) is 155 cm³/mol. The summed E-state index contributed by atoms with van der Waals surface area (Å²) in [7, 11) is 0. The molecule has 0 aromatic heterocycles. The van der Waals surface area contributed by atoms with E-state index in [9.17, 15) is 10.1 Å². The van der Waals surface area contributed by atoms with Gasteiger partial charge >= 0.3 is 5.97 Å². The lowest BCUT2D eigenvalue weighted by molar-refractivity contribution is 0.0734. The van der Waals surface area contributed by atoms with Crippen molar-refractivity contribution in [2.24, 2.45) is 5.73 Å². The number of carbonyl (C=O) groups excluding carboxylic acids is 1. The highest BCUT2D eigenvalue weighted by Gasteiger charge is 2.31. The third-order valence-electron chi connectivity index (χ3n) is 6.72. The van der Waals surface area contributed by atoms with Crippen LogP contribution in [0.2, 0.25) is 0 Å². The molecule has 4 aromatic rings. The molecule has 7 nitrogen and oxygen atoms in total. The van der Waals surface area contributed by atoms with Gasteiger partial charge in [-0.15, -0.1) is 0 Å². The van der Waals surface area contributed by atoms with Crippen LogP contribution in [0.4, 0.5) is 0 Å². The van der Waals surface area contributed by atoms with Crippen LogP contribution in [0.5, 0.6) is 23.0 Å². The lowest BCUT2D eigenvalue weighted by Gasteiger charge is -2.26. The maximum atomic E-state index is 12.8. The third kappa shape index (κ3) is 6.51. The quantitative estimate of drug-likeness (QED) is 0.131. The molecule has 5 rings (SSSR count). The molecule has 0 aliphatic carbocycles. The summed E-state index contributed by atoms with van der Waals surface area (Å²) in [5.74, 6) is 1.19. The first kappa shape index (κ1) is 27.4. The first-order valence-corrected chi connectivity index (χ1v) is 13.5. The molecule has 0 amide bonds. The van der Waals surface area contributed by atoms with E-state index in [1.807, 2.05) is 54.6 Å². The average Bonchev–Trinajstić information content (AvgIpc) is 3.00.